The van der Waals surface area contributed by atoms with Gasteiger partial charge in [-0.15, -0.1) is 0 Å². The number of carbonyl (C=O) groups is 2. The molecule has 0 saturated carbocycles. The second kappa shape index (κ2) is 21.8. The number of nitrogens with zero attached hydrogens (tertiary/aromatic N) is 2. The van der Waals surface area contributed by atoms with Crippen molar-refractivity contribution >= 4 is 73.4 Å². The molecule has 332 valence electrons. The molecule has 7 rings (SSSR count). The fourth-order valence-electron chi connectivity index (χ4n) is 6.77. The van der Waals surface area contributed by atoms with Crippen molar-refractivity contribution in [1.29, 1.82) is 0 Å². The first kappa shape index (κ1) is 47.0. The van der Waals surface area contributed by atoms with Gasteiger partial charge in [-0.2, -0.15) is 0 Å². The number of halogens is 4. The Labute approximate surface area is 391 Å². The molecule has 12 nitrogen and oxygen atoms in total. The van der Waals surface area contributed by atoms with E-state index in [1.165, 1.54) is 12.1 Å². The van der Waals surface area contributed by atoms with Crippen molar-refractivity contribution in [3.05, 3.63) is 189 Å². The van der Waals surface area contributed by atoms with E-state index in [4.69, 9.17) is 64.5 Å². The summed E-state index contributed by atoms with van der Waals surface area (Å²) in [6.07, 6.45) is 0. The van der Waals surface area contributed by atoms with Gasteiger partial charge in [-0.1, -0.05) is 131 Å². The van der Waals surface area contributed by atoms with E-state index in [0.717, 1.165) is 0 Å². The number of hydrogen-bond acceptors (Lipinski definition) is 10. The molecular weight excluding hydrogens is 940 g/mol. The molecule has 1 heterocycles. The van der Waals surface area contributed by atoms with E-state index >= 15 is 9.13 Å². The molecule has 18 heteroatoms. The van der Waals surface area contributed by atoms with Crippen molar-refractivity contribution in [1.82, 2.24) is 20.4 Å². The fraction of sp³-hybridized carbons (Fsp3) is 0.174. The third kappa shape index (κ3) is 12.6. The molecule has 64 heavy (non-hydrogen) atoms. The molecule has 0 aromatic heterocycles. The van der Waals surface area contributed by atoms with E-state index < -0.39 is 38.6 Å². The molecule has 2 unspecified atom stereocenters. The van der Waals surface area contributed by atoms with Crippen molar-refractivity contribution in [2.24, 2.45) is 0 Å². The molecule has 1 aliphatic heterocycles. The molecule has 6 aromatic carbocycles. The van der Waals surface area contributed by atoms with Gasteiger partial charge >= 0.3 is 15.2 Å². The van der Waals surface area contributed by atoms with Gasteiger partial charge in [-0.05, 0) is 72.8 Å². The topological polar surface area (TPSA) is 136 Å². The first-order valence-corrected chi connectivity index (χ1v) is 24.7. The van der Waals surface area contributed by atoms with Crippen LogP contribution in [0, 0.1) is 0 Å². The van der Waals surface area contributed by atoms with Crippen LogP contribution in [0.1, 0.15) is 22.7 Å². The lowest BCUT2D eigenvalue weighted by Gasteiger charge is -2.35. The van der Waals surface area contributed by atoms with Gasteiger partial charge in [0.05, 0.1) is 13.1 Å². The lowest BCUT2D eigenvalue weighted by molar-refractivity contribution is -0.125. The zero-order valence-corrected chi connectivity index (χ0v) is 38.8. The van der Waals surface area contributed by atoms with Gasteiger partial charge < -0.3 is 28.7 Å². The van der Waals surface area contributed by atoms with Crippen LogP contribution in [-0.2, 0) is 18.7 Å². The zero-order chi connectivity index (χ0) is 45.1. The molecular formula is C46H42Cl4N4O8P2. The highest BCUT2D eigenvalue weighted by molar-refractivity contribution is 7.55. The third-order valence-corrected chi connectivity index (χ3v) is 14.9. The van der Waals surface area contributed by atoms with Crippen LogP contribution in [0.4, 0.5) is 0 Å². The van der Waals surface area contributed by atoms with Gasteiger partial charge in [0.2, 0.25) is 11.8 Å². The van der Waals surface area contributed by atoms with Gasteiger partial charge in [0, 0.05) is 57.4 Å². The number of piperazine rings is 1. The Morgan fingerprint density at radius 3 is 1.02 bits per heavy atom. The molecule has 2 amide bonds. The number of carbonyl (C=O) groups excluding carboxylic acids is 2. The van der Waals surface area contributed by atoms with E-state index in [1.54, 1.807) is 146 Å². The Hall–Kier alpha value is -5.00. The highest BCUT2D eigenvalue weighted by atomic mass is 35.5. The van der Waals surface area contributed by atoms with Crippen LogP contribution in [-0.4, -0.2) is 60.9 Å². The summed E-state index contributed by atoms with van der Waals surface area (Å²) in [5.74, 6) is -2.66. The molecule has 1 saturated heterocycles. The number of rotatable bonds is 18. The minimum absolute atomic E-state index is 0.0909. The summed E-state index contributed by atoms with van der Waals surface area (Å²) in [4.78, 5) is 31.7. The Bertz CT molecular complexity index is 2340. The van der Waals surface area contributed by atoms with Crippen molar-refractivity contribution in [2.45, 2.75) is 11.6 Å². The monoisotopic (exact) mass is 980 g/mol. The van der Waals surface area contributed by atoms with Crippen LogP contribution in [0.25, 0.3) is 0 Å². The number of amides is 2. The fourth-order valence-corrected chi connectivity index (χ4v) is 11.9. The molecule has 0 radical (unpaired) electrons. The maximum Gasteiger partial charge on any atom is 0.457 e. The number of para-hydroxylation sites is 4. The third-order valence-electron chi connectivity index (χ3n) is 9.84. The smallest absolute Gasteiger partial charge is 0.414 e. The molecule has 1 fully saturated rings. The average molecular weight is 983 g/mol. The summed E-state index contributed by atoms with van der Waals surface area (Å²) in [5, 5.41) is 6.76. The van der Waals surface area contributed by atoms with Gasteiger partial charge in [0.15, 0.2) is 11.6 Å². The van der Waals surface area contributed by atoms with Crippen LogP contribution in [0.5, 0.6) is 23.0 Å². The van der Waals surface area contributed by atoms with E-state index in [2.05, 4.69) is 10.6 Å². The molecule has 0 spiro atoms. The minimum Gasteiger partial charge on any atom is -0.414 e. The van der Waals surface area contributed by atoms with Gasteiger partial charge in [-0.3, -0.25) is 19.4 Å². The SMILES string of the molecule is O=C(CN1CCN(CC(=O)NC(c2ccc(Cl)cc2Cl)P(=O)(Oc2ccccc2)Oc2ccccc2)CC1)NC(c1ccc(Cl)cc1Cl)P(=O)(Oc1ccccc1)Oc1ccccc1. The summed E-state index contributed by atoms with van der Waals surface area (Å²) < 4.78 is 54.6. The van der Waals surface area contributed by atoms with Crippen LogP contribution >= 0.6 is 61.6 Å². The zero-order valence-electron chi connectivity index (χ0n) is 34.0. The standard InChI is InChI=1S/C46H42Cl4N4O8P2/c47-33-21-23-39(41(49)29-33)45(63(57,59-35-13-5-1-6-14-35)60-36-15-7-2-8-16-36)51-43(55)31-53-25-27-54(28-26-53)32-44(56)52-46(40-24-22-34(48)30-42(40)50)64(58,61-37-17-9-3-10-18-37)62-38-19-11-4-12-20-38/h1-24,29-30,45-46H,25-28,31-32H2,(H,51,55)(H,52,56). The average Bonchev–Trinajstić information content (AvgIpc) is 3.27. The van der Waals surface area contributed by atoms with Crippen LogP contribution in [0.2, 0.25) is 20.1 Å². The summed E-state index contributed by atoms with van der Waals surface area (Å²) in [7, 11) is -8.69. The molecule has 1 aliphatic rings. The van der Waals surface area contributed by atoms with Crippen LogP contribution in [0.15, 0.2) is 158 Å². The van der Waals surface area contributed by atoms with Gasteiger partial charge in [0.1, 0.15) is 23.0 Å². The van der Waals surface area contributed by atoms with E-state index in [9.17, 15) is 9.59 Å². The van der Waals surface area contributed by atoms with E-state index in [1.807, 2.05) is 9.80 Å². The lowest BCUT2D eigenvalue weighted by Crippen LogP contribution is -2.52. The van der Waals surface area contributed by atoms with E-state index in [0.29, 0.717) is 36.2 Å². The Balaban J connectivity index is 1.05. The van der Waals surface area contributed by atoms with Crippen molar-refractivity contribution in [3.8, 4) is 23.0 Å². The second-order valence-electron chi connectivity index (χ2n) is 14.5. The second-order valence-corrected chi connectivity index (χ2v) is 20.1. The first-order chi connectivity index (χ1) is 30.9. The summed E-state index contributed by atoms with van der Waals surface area (Å²) in [5.41, 5.74) is 0.549. The minimum atomic E-state index is -4.35. The number of benzene rings is 6. The summed E-state index contributed by atoms with van der Waals surface area (Å²) >= 11 is 25.9. The quantitative estimate of drug-likeness (QED) is 0.0801. The van der Waals surface area contributed by atoms with Gasteiger partial charge in [0.25, 0.3) is 0 Å². The molecule has 6 aromatic rings. The van der Waals surface area contributed by atoms with E-state index in [-0.39, 0.29) is 57.3 Å². The number of hydrogen-bond donors (Lipinski definition) is 2. The van der Waals surface area contributed by atoms with Crippen LogP contribution in [0.3, 0.4) is 0 Å². The highest BCUT2D eigenvalue weighted by Crippen LogP contribution is 2.61. The molecule has 2 N–H and O–H groups in total. The highest BCUT2D eigenvalue weighted by Gasteiger charge is 2.45. The predicted octanol–water partition coefficient (Wildman–Crippen LogP) is 11.5. The first-order valence-electron chi connectivity index (χ1n) is 20.0. The Morgan fingerprint density at radius 2 is 0.750 bits per heavy atom. The van der Waals surface area contributed by atoms with Crippen molar-refractivity contribution in [3.63, 3.8) is 0 Å². The Morgan fingerprint density at radius 1 is 0.469 bits per heavy atom. The Kier molecular flexibility index (Phi) is 16.0. The normalized spacial score (nSPS) is 14.4. The summed E-state index contributed by atoms with van der Waals surface area (Å²) in [6.45, 7) is 1.39. The summed E-state index contributed by atoms with van der Waals surface area (Å²) in [6, 6.07) is 43.2. The largest absolute Gasteiger partial charge is 0.457 e. The van der Waals surface area contributed by atoms with Crippen molar-refractivity contribution in [2.75, 3.05) is 39.3 Å². The maximum absolute atomic E-state index is 15.1. The maximum atomic E-state index is 15.1. The molecule has 0 aliphatic carbocycles. The van der Waals surface area contributed by atoms with Gasteiger partial charge in [-0.25, -0.2) is 9.13 Å². The lowest BCUT2D eigenvalue weighted by atomic mass is 10.2. The van der Waals surface area contributed by atoms with Crippen LogP contribution < -0.4 is 28.7 Å². The molecule has 0 bridgehead atoms. The molecule has 2 atom stereocenters. The van der Waals surface area contributed by atoms with Crippen molar-refractivity contribution < 1.29 is 36.8 Å². The number of nitrogens with one attached hydrogen (secondary N) is 2. The predicted molar refractivity (Wildman–Crippen MR) is 251 cm³/mol.